The molecule has 0 aromatic rings. The molecule has 1 spiro atoms. The quantitative estimate of drug-likeness (QED) is 0.851. The summed E-state index contributed by atoms with van der Waals surface area (Å²) < 4.78 is 6.19. The van der Waals surface area contributed by atoms with Crippen molar-refractivity contribution < 1.29 is 4.74 Å². The van der Waals surface area contributed by atoms with Crippen molar-refractivity contribution in [1.82, 2.24) is 5.32 Å². The molecule has 2 aliphatic heterocycles. The third-order valence-corrected chi connectivity index (χ3v) is 7.07. The summed E-state index contributed by atoms with van der Waals surface area (Å²) in [6.45, 7) is 0.994. The van der Waals surface area contributed by atoms with Crippen LogP contribution in [-0.4, -0.2) is 36.8 Å². The van der Waals surface area contributed by atoms with Crippen LogP contribution in [0.3, 0.4) is 0 Å². The van der Waals surface area contributed by atoms with E-state index >= 15 is 0 Å². The van der Waals surface area contributed by atoms with Crippen molar-refractivity contribution in [2.75, 3.05) is 25.2 Å². The van der Waals surface area contributed by atoms with E-state index < -0.39 is 0 Å². The Bertz CT molecular complexity index is 297. The van der Waals surface area contributed by atoms with Gasteiger partial charge < -0.3 is 10.1 Å². The summed E-state index contributed by atoms with van der Waals surface area (Å²) in [4.78, 5) is 0. The van der Waals surface area contributed by atoms with Crippen molar-refractivity contribution >= 4 is 11.8 Å². The molecule has 2 heterocycles. The van der Waals surface area contributed by atoms with Crippen molar-refractivity contribution in [3.8, 4) is 0 Å². The van der Waals surface area contributed by atoms with Crippen molar-refractivity contribution in [2.24, 2.45) is 11.8 Å². The predicted molar refractivity (Wildman–Crippen MR) is 87.4 cm³/mol. The predicted octanol–water partition coefficient (Wildman–Crippen LogP) is 3.85. The van der Waals surface area contributed by atoms with Gasteiger partial charge in [-0.2, -0.15) is 11.8 Å². The highest BCUT2D eigenvalue weighted by molar-refractivity contribution is 7.99. The van der Waals surface area contributed by atoms with Crippen molar-refractivity contribution in [1.29, 1.82) is 0 Å². The fraction of sp³-hybridized carbons (Fsp3) is 1.00. The standard InChI is InChI=1S/C17H31NOS/c1-18-16(11-14-5-3-2-4-6-14)15-7-9-19-17(12-15)8-10-20-13-17/h14-16,18H,2-13H2,1H3. The molecule has 20 heavy (non-hydrogen) atoms. The number of thioether (sulfide) groups is 1. The van der Waals surface area contributed by atoms with Gasteiger partial charge in [0.15, 0.2) is 0 Å². The van der Waals surface area contributed by atoms with Crippen LogP contribution in [0.15, 0.2) is 0 Å². The van der Waals surface area contributed by atoms with Gasteiger partial charge in [0.05, 0.1) is 5.60 Å². The highest BCUT2D eigenvalue weighted by Gasteiger charge is 2.42. The van der Waals surface area contributed by atoms with Crippen LogP contribution >= 0.6 is 11.8 Å². The van der Waals surface area contributed by atoms with Crippen molar-refractivity contribution in [2.45, 2.75) is 69.4 Å². The Morgan fingerprint density at radius 2 is 2.10 bits per heavy atom. The molecule has 2 saturated heterocycles. The van der Waals surface area contributed by atoms with Crippen LogP contribution < -0.4 is 5.32 Å². The average molecular weight is 298 g/mol. The summed E-state index contributed by atoms with van der Waals surface area (Å²) in [5.74, 6) is 4.37. The molecule has 116 valence electrons. The second-order valence-corrected chi connectivity index (χ2v) is 8.33. The smallest absolute Gasteiger partial charge is 0.0783 e. The first-order valence-corrected chi connectivity index (χ1v) is 9.86. The summed E-state index contributed by atoms with van der Waals surface area (Å²) in [6.07, 6.45) is 12.6. The van der Waals surface area contributed by atoms with Gasteiger partial charge in [-0.25, -0.2) is 0 Å². The maximum atomic E-state index is 6.19. The maximum absolute atomic E-state index is 6.19. The first kappa shape index (κ1) is 15.2. The molecule has 0 aromatic carbocycles. The molecule has 0 bridgehead atoms. The Balaban J connectivity index is 1.57. The van der Waals surface area contributed by atoms with E-state index in [0.29, 0.717) is 0 Å². The molecular formula is C17H31NOS. The fourth-order valence-electron chi connectivity index (χ4n) is 4.60. The van der Waals surface area contributed by atoms with Gasteiger partial charge in [0, 0.05) is 18.4 Å². The van der Waals surface area contributed by atoms with Crippen LogP contribution in [0.1, 0.15) is 57.8 Å². The fourth-order valence-corrected chi connectivity index (χ4v) is 5.98. The third-order valence-electron chi connectivity index (χ3n) is 5.85. The molecule has 1 N–H and O–H groups in total. The van der Waals surface area contributed by atoms with Crippen molar-refractivity contribution in [3.05, 3.63) is 0 Å². The number of hydrogen-bond donors (Lipinski definition) is 1. The SMILES string of the molecule is CNC(CC1CCCCC1)C1CCOC2(CCSC2)C1. The second kappa shape index (κ2) is 7.02. The third kappa shape index (κ3) is 3.53. The Labute approximate surface area is 128 Å². The number of nitrogens with one attached hydrogen (secondary N) is 1. The minimum Gasteiger partial charge on any atom is -0.374 e. The first-order chi connectivity index (χ1) is 9.81. The first-order valence-electron chi connectivity index (χ1n) is 8.70. The van der Waals surface area contributed by atoms with Gasteiger partial charge in [0.25, 0.3) is 0 Å². The Kier molecular flexibility index (Phi) is 5.33. The summed E-state index contributed by atoms with van der Waals surface area (Å²) in [5, 5.41) is 3.66. The molecule has 3 atom stereocenters. The minimum absolute atomic E-state index is 0.245. The number of ether oxygens (including phenoxy) is 1. The second-order valence-electron chi connectivity index (χ2n) is 7.22. The van der Waals surface area contributed by atoms with E-state index in [9.17, 15) is 0 Å². The van der Waals surface area contributed by atoms with Gasteiger partial charge in [0.1, 0.15) is 0 Å². The Morgan fingerprint density at radius 3 is 2.80 bits per heavy atom. The number of hydrogen-bond acceptors (Lipinski definition) is 3. The van der Waals surface area contributed by atoms with Gasteiger partial charge in [-0.05, 0) is 50.3 Å². The van der Waals surface area contributed by atoms with Crippen LogP contribution in [-0.2, 0) is 4.74 Å². The lowest BCUT2D eigenvalue weighted by Gasteiger charge is -2.42. The molecular weight excluding hydrogens is 266 g/mol. The Morgan fingerprint density at radius 1 is 1.25 bits per heavy atom. The maximum Gasteiger partial charge on any atom is 0.0783 e. The van der Waals surface area contributed by atoms with E-state index in [1.54, 1.807) is 0 Å². The van der Waals surface area contributed by atoms with E-state index in [1.807, 2.05) is 0 Å². The lowest BCUT2D eigenvalue weighted by Crippen LogP contribution is -2.47. The zero-order valence-corrected chi connectivity index (χ0v) is 13.9. The molecule has 3 heteroatoms. The minimum atomic E-state index is 0.245. The highest BCUT2D eigenvalue weighted by Crippen LogP contribution is 2.42. The van der Waals surface area contributed by atoms with Crippen LogP contribution in [0.4, 0.5) is 0 Å². The van der Waals surface area contributed by atoms with Crippen molar-refractivity contribution in [3.63, 3.8) is 0 Å². The molecule has 3 rings (SSSR count). The molecule has 3 fully saturated rings. The monoisotopic (exact) mass is 297 g/mol. The average Bonchev–Trinajstić information content (AvgIpc) is 2.93. The molecule has 3 unspecified atom stereocenters. The summed E-state index contributed by atoms with van der Waals surface area (Å²) >= 11 is 2.09. The van der Waals surface area contributed by atoms with E-state index in [2.05, 4.69) is 24.1 Å². The van der Waals surface area contributed by atoms with Crippen LogP contribution in [0.25, 0.3) is 0 Å². The van der Waals surface area contributed by atoms with E-state index in [-0.39, 0.29) is 5.60 Å². The number of rotatable bonds is 4. The molecule has 1 saturated carbocycles. The Hall–Kier alpha value is 0.270. The van der Waals surface area contributed by atoms with E-state index in [1.165, 1.54) is 69.3 Å². The van der Waals surface area contributed by atoms with Gasteiger partial charge in [-0.1, -0.05) is 32.1 Å². The molecule has 2 nitrogen and oxygen atoms in total. The van der Waals surface area contributed by atoms with E-state index in [4.69, 9.17) is 4.74 Å². The molecule has 1 aliphatic carbocycles. The highest BCUT2D eigenvalue weighted by atomic mass is 32.2. The lowest BCUT2D eigenvalue weighted by molar-refractivity contribution is -0.0860. The summed E-state index contributed by atoms with van der Waals surface area (Å²) in [6, 6.07) is 0.726. The van der Waals surface area contributed by atoms with Crippen LogP contribution in [0, 0.1) is 11.8 Å². The summed E-state index contributed by atoms with van der Waals surface area (Å²) in [7, 11) is 2.18. The zero-order chi connectivity index (χ0) is 13.8. The normalized spacial score (nSPS) is 37.4. The van der Waals surface area contributed by atoms with Gasteiger partial charge >= 0.3 is 0 Å². The molecule has 0 aromatic heterocycles. The molecule has 3 aliphatic rings. The van der Waals surface area contributed by atoms with E-state index in [0.717, 1.165) is 24.5 Å². The van der Waals surface area contributed by atoms with Gasteiger partial charge in [-0.15, -0.1) is 0 Å². The summed E-state index contributed by atoms with van der Waals surface area (Å²) in [5.41, 5.74) is 0.245. The van der Waals surface area contributed by atoms with Gasteiger partial charge in [-0.3, -0.25) is 0 Å². The van der Waals surface area contributed by atoms with Gasteiger partial charge in [0.2, 0.25) is 0 Å². The van der Waals surface area contributed by atoms with Crippen LogP contribution in [0.5, 0.6) is 0 Å². The van der Waals surface area contributed by atoms with Crippen LogP contribution in [0.2, 0.25) is 0 Å². The zero-order valence-electron chi connectivity index (χ0n) is 13.0. The topological polar surface area (TPSA) is 21.3 Å². The lowest BCUT2D eigenvalue weighted by atomic mass is 9.76. The molecule has 0 radical (unpaired) electrons. The largest absolute Gasteiger partial charge is 0.374 e. The molecule has 0 amide bonds.